The number of amides is 2. The predicted molar refractivity (Wildman–Crippen MR) is 134 cm³/mol. The van der Waals surface area contributed by atoms with Gasteiger partial charge in [0.05, 0.1) is 12.1 Å². The molecule has 0 aromatic heterocycles. The van der Waals surface area contributed by atoms with Crippen LogP contribution in [-0.2, 0) is 20.8 Å². The molecule has 3 atom stereocenters. The molecule has 0 bridgehead atoms. The number of likely N-dealkylation sites (N-methyl/N-ethyl adjacent to an activating group) is 1. The number of rotatable bonds is 14. The van der Waals surface area contributed by atoms with E-state index in [-0.39, 0.29) is 37.7 Å². The Balaban J connectivity index is 2.13. The summed E-state index contributed by atoms with van der Waals surface area (Å²) in [7, 11) is 1.68. The van der Waals surface area contributed by atoms with Crippen LogP contribution in [0, 0.1) is 0 Å². The van der Waals surface area contributed by atoms with Gasteiger partial charge in [0.25, 0.3) is 0 Å². The second-order valence-corrected chi connectivity index (χ2v) is 9.05. The van der Waals surface area contributed by atoms with Crippen molar-refractivity contribution in [1.82, 2.24) is 15.5 Å². The van der Waals surface area contributed by atoms with E-state index in [1.54, 1.807) is 14.0 Å². The Morgan fingerprint density at radius 1 is 1.19 bits per heavy atom. The number of hydrogen-bond acceptors (Lipinski definition) is 5. The van der Waals surface area contributed by atoms with Crippen LogP contribution in [0.2, 0.25) is 0 Å². The lowest BCUT2D eigenvalue weighted by atomic mass is 9.98. The van der Waals surface area contributed by atoms with Crippen LogP contribution in [0.1, 0.15) is 51.0 Å². The van der Waals surface area contributed by atoms with Crippen molar-refractivity contribution in [1.29, 1.82) is 0 Å². The Labute approximate surface area is 211 Å². The fraction of sp³-hybridized carbons (Fsp3) is 0.600. The molecule has 0 radical (unpaired) electrons. The van der Waals surface area contributed by atoms with Gasteiger partial charge in [0, 0.05) is 19.5 Å². The van der Waals surface area contributed by atoms with Crippen LogP contribution >= 0.6 is 0 Å². The first-order chi connectivity index (χ1) is 17.1. The zero-order valence-corrected chi connectivity index (χ0v) is 21.0. The molecule has 9 nitrogen and oxygen atoms in total. The molecule has 0 saturated carbocycles. The van der Waals surface area contributed by atoms with E-state index in [2.05, 4.69) is 15.6 Å². The number of likely N-dealkylation sites (tertiary alicyclic amines) is 1. The summed E-state index contributed by atoms with van der Waals surface area (Å²) in [5.74, 6) is -5.90. The summed E-state index contributed by atoms with van der Waals surface area (Å²) >= 11 is 0. The van der Waals surface area contributed by atoms with E-state index in [0.717, 1.165) is 5.56 Å². The van der Waals surface area contributed by atoms with Crippen LogP contribution in [-0.4, -0.2) is 72.6 Å². The summed E-state index contributed by atoms with van der Waals surface area (Å²) < 4.78 is 28.9. The van der Waals surface area contributed by atoms with Crippen molar-refractivity contribution in [2.75, 3.05) is 20.1 Å². The average Bonchev–Trinajstić information content (AvgIpc) is 3.34. The number of nitrogens with two attached hydrogens (primary N) is 2. The number of guanidine groups is 1. The lowest BCUT2D eigenvalue weighted by Gasteiger charge is -2.30. The topological polar surface area (TPSA) is 143 Å². The van der Waals surface area contributed by atoms with E-state index in [9.17, 15) is 23.2 Å². The SMILES string of the molecule is CCCC(F)(F)C(=O)C(CCCN=C(N)N)NC(=O)[C@@H]1CCCN1C(=O)[C@H](Cc1ccccc1)NC. The molecule has 11 heteroatoms. The number of carbonyl (C=O) groups excluding carboxylic acids is 3. The number of aliphatic imine (C=N–C) groups is 1. The molecule has 1 saturated heterocycles. The van der Waals surface area contributed by atoms with Crippen molar-refractivity contribution in [3.63, 3.8) is 0 Å². The van der Waals surface area contributed by atoms with Gasteiger partial charge in [-0.25, -0.2) is 0 Å². The molecule has 1 unspecified atom stereocenters. The van der Waals surface area contributed by atoms with E-state index in [4.69, 9.17) is 11.5 Å². The van der Waals surface area contributed by atoms with Crippen molar-refractivity contribution in [3.8, 4) is 0 Å². The number of nitrogens with one attached hydrogen (secondary N) is 2. The second kappa shape index (κ2) is 13.9. The summed E-state index contributed by atoms with van der Waals surface area (Å²) in [6.07, 6.45) is 1.11. The maximum Gasteiger partial charge on any atom is 0.307 e. The molecule has 1 aliphatic heterocycles. The Morgan fingerprint density at radius 3 is 2.50 bits per heavy atom. The molecule has 200 valence electrons. The van der Waals surface area contributed by atoms with Gasteiger partial charge < -0.3 is 27.0 Å². The normalized spacial score (nSPS) is 17.3. The van der Waals surface area contributed by atoms with E-state index in [1.165, 1.54) is 4.90 Å². The first kappa shape index (κ1) is 29.2. The fourth-order valence-electron chi connectivity index (χ4n) is 4.40. The minimum Gasteiger partial charge on any atom is -0.370 e. The molecule has 1 aliphatic rings. The van der Waals surface area contributed by atoms with Crippen LogP contribution in [0.15, 0.2) is 35.3 Å². The zero-order valence-electron chi connectivity index (χ0n) is 21.0. The smallest absolute Gasteiger partial charge is 0.307 e. The third-order valence-electron chi connectivity index (χ3n) is 6.27. The Kier molecular flexibility index (Phi) is 11.2. The van der Waals surface area contributed by atoms with Crippen molar-refractivity contribution < 1.29 is 23.2 Å². The molecule has 0 aliphatic carbocycles. The monoisotopic (exact) mass is 508 g/mol. The van der Waals surface area contributed by atoms with Gasteiger partial charge in [0.15, 0.2) is 5.96 Å². The third-order valence-corrected chi connectivity index (χ3v) is 6.27. The number of benzene rings is 1. The number of carbonyl (C=O) groups is 3. The summed E-state index contributed by atoms with van der Waals surface area (Å²) in [4.78, 5) is 44.4. The highest BCUT2D eigenvalue weighted by Crippen LogP contribution is 2.25. The molecule has 1 fully saturated rings. The van der Waals surface area contributed by atoms with Gasteiger partial charge in [-0.3, -0.25) is 19.4 Å². The molecule has 1 heterocycles. The highest BCUT2D eigenvalue weighted by Gasteiger charge is 2.44. The van der Waals surface area contributed by atoms with E-state index in [0.29, 0.717) is 25.8 Å². The van der Waals surface area contributed by atoms with Gasteiger partial charge in [-0.05, 0) is 51.1 Å². The minimum atomic E-state index is -3.57. The Hall–Kier alpha value is -3.08. The Bertz CT molecular complexity index is 908. The standard InChI is InChI=1S/C25H38F2N6O3/c1-3-13-25(26,27)21(34)18(11-7-14-31-24(28)29)32-22(35)20-12-8-15-33(20)23(36)19(30-2)16-17-9-5-4-6-10-17/h4-6,9-10,18-20,30H,3,7-8,11-16H2,1-2H3,(H,32,35)(H4,28,29,31)/t18?,19-,20-/m0/s1. The van der Waals surface area contributed by atoms with Gasteiger partial charge in [0.1, 0.15) is 6.04 Å². The summed E-state index contributed by atoms with van der Waals surface area (Å²) in [5, 5.41) is 5.52. The van der Waals surface area contributed by atoms with Crippen molar-refractivity contribution in [3.05, 3.63) is 35.9 Å². The lowest BCUT2D eigenvalue weighted by Crippen LogP contribution is -2.56. The lowest BCUT2D eigenvalue weighted by molar-refractivity contribution is -0.149. The molecular weight excluding hydrogens is 470 g/mol. The molecule has 36 heavy (non-hydrogen) atoms. The number of halogens is 2. The molecule has 2 rings (SSSR count). The van der Waals surface area contributed by atoms with Crippen molar-refractivity contribution in [2.45, 2.75) is 75.9 Å². The van der Waals surface area contributed by atoms with Crippen LogP contribution < -0.4 is 22.1 Å². The number of hydrogen-bond donors (Lipinski definition) is 4. The van der Waals surface area contributed by atoms with Gasteiger partial charge in [-0.1, -0.05) is 37.3 Å². The maximum absolute atomic E-state index is 14.5. The average molecular weight is 509 g/mol. The Morgan fingerprint density at radius 2 is 1.89 bits per heavy atom. The molecule has 2 amide bonds. The highest BCUT2D eigenvalue weighted by atomic mass is 19.3. The van der Waals surface area contributed by atoms with E-state index < -0.39 is 42.2 Å². The van der Waals surface area contributed by atoms with Crippen LogP contribution in [0.3, 0.4) is 0 Å². The van der Waals surface area contributed by atoms with Gasteiger partial charge in [0.2, 0.25) is 17.6 Å². The van der Waals surface area contributed by atoms with E-state index in [1.807, 2.05) is 30.3 Å². The van der Waals surface area contributed by atoms with Crippen LogP contribution in [0.5, 0.6) is 0 Å². The number of ketones is 1. The molecule has 6 N–H and O–H groups in total. The summed E-state index contributed by atoms with van der Waals surface area (Å²) in [6, 6.07) is 6.70. The van der Waals surface area contributed by atoms with Crippen LogP contribution in [0.25, 0.3) is 0 Å². The number of Topliss-reactive ketones (excluding diaryl/α,β-unsaturated/α-hetero) is 1. The molecule has 1 aromatic rings. The number of nitrogens with zero attached hydrogens (tertiary/aromatic N) is 2. The van der Waals surface area contributed by atoms with Crippen LogP contribution in [0.4, 0.5) is 8.78 Å². The highest BCUT2D eigenvalue weighted by molar-refractivity contribution is 5.96. The predicted octanol–water partition coefficient (Wildman–Crippen LogP) is 1.35. The van der Waals surface area contributed by atoms with Gasteiger partial charge >= 0.3 is 5.92 Å². The third kappa shape index (κ3) is 8.25. The minimum absolute atomic E-state index is 0.0472. The maximum atomic E-state index is 14.5. The number of alkyl halides is 2. The quantitative estimate of drug-likeness (QED) is 0.170. The van der Waals surface area contributed by atoms with Gasteiger partial charge in [-0.15, -0.1) is 0 Å². The largest absolute Gasteiger partial charge is 0.370 e. The molecule has 0 spiro atoms. The first-order valence-electron chi connectivity index (χ1n) is 12.4. The zero-order chi connectivity index (χ0) is 26.7. The second-order valence-electron chi connectivity index (χ2n) is 9.05. The first-order valence-corrected chi connectivity index (χ1v) is 12.4. The molecule has 1 aromatic carbocycles. The van der Waals surface area contributed by atoms with Crippen molar-refractivity contribution in [2.24, 2.45) is 16.5 Å². The summed E-state index contributed by atoms with van der Waals surface area (Å²) in [6.45, 7) is 2.07. The van der Waals surface area contributed by atoms with Crippen molar-refractivity contribution >= 4 is 23.6 Å². The van der Waals surface area contributed by atoms with E-state index >= 15 is 0 Å². The van der Waals surface area contributed by atoms with Gasteiger partial charge in [-0.2, -0.15) is 8.78 Å². The molecular formula is C25H38F2N6O3. The fourth-order valence-corrected chi connectivity index (χ4v) is 4.40. The summed E-state index contributed by atoms with van der Waals surface area (Å²) in [5.41, 5.74) is 11.6.